The van der Waals surface area contributed by atoms with Crippen molar-refractivity contribution < 1.29 is 19.0 Å². The van der Waals surface area contributed by atoms with E-state index in [1.165, 1.54) is 19.1 Å². The largest absolute Gasteiger partial charge is 0.352 e. The van der Waals surface area contributed by atoms with Crippen molar-refractivity contribution in [2.24, 2.45) is 4.99 Å². The number of benzene rings is 2. The Morgan fingerprint density at radius 1 is 1.15 bits per heavy atom. The summed E-state index contributed by atoms with van der Waals surface area (Å²) in [6.45, 7) is 1.25. The van der Waals surface area contributed by atoms with Crippen molar-refractivity contribution in [3.05, 3.63) is 59.9 Å². The molecule has 102 valence electrons. The smallest absolute Gasteiger partial charge is 0.286 e. The van der Waals surface area contributed by atoms with Crippen LogP contribution in [0.15, 0.2) is 53.5 Å². The molecular formula is C15H12FNO3. The molecule has 2 aromatic rings. The molecule has 0 saturated carbocycles. The highest BCUT2D eigenvalue weighted by atomic mass is 19.1. The molecule has 0 unspecified atom stereocenters. The van der Waals surface area contributed by atoms with E-state index in [0.29, 0.717) is 17.0 Å². The Morgan fingerprint density at radius 3 is 2.55 bits per heavy atom. The van der Waals surface area contributed by atoms with E-state index in [9.17, 15) is 9.18 Å². The maximum atomic E-state index is 12.8. The second-order valence-corrected chi connectivity index (χ2v) is 3.93. The van der Waals surface area contributed by atoms with Crippen LogP contribution in [0.25, 0.3) is 0 Å². The number of nitrogens with zero attached hydrogens (tertiary/aromatic N) is 1. The molecule has 0 fully saturated rings. The number of hydrogen-bond acceptors (Lipinski definition) is 4. The average Bonchev–Trinajstić information content (AvgIpc) is 2.45. The SMILES string of the molecule is CC(=O)OOc1ccccc1C=Nc1ccc(F)cc1. The Morgan fingerprint density at radius 2 is 1.85 bits per heavy atom. The molecule has 0 aliphatic rings. The molecule has 0 N–H and O–H groups in total. The maximum absolute atomic E-state index is 12.8. The third-order valence-electron chi connectivity index (χ3n) is 2.35. The number of halogens is 1. The summed E-state index contributed by atoms with van der Waals surface area (Å²) in [5.74, 6) is -0.494. The first kappa shape index (κ1) is 13.7. The Bertz CT molecular complexity index is 623. The van der Waals surface area contributed by atoms with Crippen LogP contribution in [0.3, 0.4) is 0 Å². The number of rotatable bonds is 4. The van der Waals surface area contributed by atoms with Gasteiger partial charge in [0.25, 0.3) is 0 Å². The van der Waals surface area contributed by atoms with Crippen molar-refractivity contribution in [1.29, 1.82) is 0 Å². The Kier molecular flexibility index (Phi) is 4.44. The van der Waals surface area contributed by atoms with Crippen LogP contribution < -0.4 is 4.89 Å². The van der Waals surface area contributed by atoms with Crippen LogP contribution in [0.5, 0.6) is 5.75 Å². The molecule has 2 rings (SSSR count). The molecule has 0 aliphatic heterocycles. The molecule has 0 bridgehead atoms. The lowest BCUT2D eigenvalue weighted by molar-refractivity contribution is -0.210. The van der Waals surface area contributed by atoms with E-state index in [4.69, 9.17) is 4.89 Å². The van der Waals surface area contributed by atoms with Crippen LogP contribution in [0.1, 0.15) is 12.5 Å². The summed E-state index contributed by atoms with van der Waals surface area (Å²) >= 11 is 0. The Labute approximate surface area is 115 Å². The fraction of sp³-hybridized carbons (Fsp3) is 0.0667. The highest BCUT2D eigenvalue weighted by Crippen LogP contribution is 2.18. The normalized spacial score (nSPS) is 10.5. The van der Waals surface area contributed by atoms with Crippen LogP contribution in [0.4, 0.5) is 10.1 Å². The van der Waals surface area contributed by atoms with Gasteiger partial charge in [-0.3, -0.25) is 14.8 Å². The van der Waals surface area contributed by atoms with Crippen molar-refractivity contribution >= 4 is 17.9 Å². The predicted octanol–water partition coefficient (Wildman–Crippen LogP) is 3.43. The number of carbonyl (C=O) groups excluding carboxylic acids is 1. The number of carbonyl (C=O) groups is 1. The summed E-state index contributed by atoms with van der Waals surface area (Å²) in [7, 11) is 0. The summed E-state index contributed by atoms with van der Waals surface area (Å²) in [6.07, 6.45) is 1.55. The summed E-state index contributed by atoms with van der Waals surface area (Å²) in [5.41, 5.74) is 1.24. The Balaban J connectivity index is 2.16. The lowest BCUT2D eigenvalue weighted by Crippen LogP contribution is -2.04. The number of hydrogen-bond donors (Lipinski definition) is 0. The summed E-state index contributed by atoms with van der Waals surface area (Å²) in [5, 5.41) is 0. The van der Waals surface area contributed by atoms with Gasteiger partial charge in [0.05, 0.1) is 5.69 Å². The van der Waals surface area contributed by atoms with Gasteiger partial charge in [-0.1, -0.05) is 12.1 Å². The van der Waals surface area contributed by atoms with Crippen LogP contribution >= 0.6 is 0 Å². The highest BCUT2D eigenvalue weighted by Gasteiger charge is 2.03. The molecule has 0 atom stereocenters. The van der Waals surface area contributed by atoms with Crippen LogP contribution in [-0.4, -0.2) is 12.2 Å². The van der Waals surface area contributed by atoms with Crippen LogP contribution in [0.2, 0.25) is 0 Å². The van der Waals surface area contributed by atoms with Crippen molar-refractivity contribution in [2.45, 2.75) is 6.92 Å². The maximum Gasteiger partial charge on any atom is 0.352 e. The molecule has 4 nitrogen and oxygen atoms in total. The minimum absolute atomic E-state index is 0.317. The molecule has 0 amide bonds. The van der Waals surface area contributed by atoms with Gasteiger partial charge < -0.3 is 0 Å². The summed E-state index contributed by atoms with van der Waals surface area (Å²) < 4.78 is 12.8. The van der Waals surface area contributed by atoms with Crippen molar-refractivity contribution in [2.75, 3.05) is 0 Å². The topological polar surface area (TPSA) is 47.9 Å². The van der Waals surface area contributed by atoms with Gasteiger partial charge in [0, 0.05) is 18.7 Å². The third kappa shape index (κ3) is 3.91. The van der Waals surface area contributed by atoms with Gasteiger partial charge in [0.2, 0.25) is 0 Å². The predicted molar refractivity (Wildman–Crippen MR) is 72.5 cm³/mol. The molecule has 0 radical (unpaired) electrons. The molecule has 2 aromatic carbocycles. The zero-order valence-electron chi connectivity index (χ0n) is 10.7. The standard InChI is InChI=1S/C15H12FNO3/c1-11(18)19-20-15-5-3-2-4-12(15)10-17-14-8-6-13(16)7-9-14/h2-10H,1H3. The van der Waals surface area contributed by atoms with Gasteiger partial charge in [-0.25, -0.2) is 9.18 Å². The molecule has 0 heterocycles. The quantitative estimate of drug-likeness (QED) is 0.487. The highest BCUT2D eigenvalue weighted by molar-refractivity contribution is 5.85. The first-order chi connectivity index (χ1) is 9.65. The second-order valence-electron chi connectivity index (χ2n) is 3.93. The van der Waals surface area contributed by atoms with Crippen LogP contribution in [0, 0.1) is 5.82 Å². The van der Waals surface area contributed by atoms with E-state index in [0.717, 1.165) is 0 Å². The van der Waals surface area contributed by atoms with E-state index >= 15 is 0 Å². The zero-order chi connectivity index (χ0) is 14.4. The van der Waals surface area contributed by atoms with Gasteiger partial charge in [-0.2, -0.15) is 0 Å². The second kappa shape index (κ2) is 6.47. The molecular weight excluding hydrogens is 261 g/mol. The molecule has 0 saturated heterocycles. The minimum atomic E-state index is -0.546. The zero-order valence-corrected chi connectivity index (χ0v) is 10.7. The molecule has 0 spiro atoms. The monoisotopic (exact) mass is 273 g/mol. The fourth-order valence-electron chi connectivity index (χ4n) is 1.44. The van der Waals surface area contributed by atoms with Crippen molar-refractivity contribution in [3.63, 3.8) is 0 Å². The lowest BCUT2D eigenvalue weighted by Gasteiger charge is -2.04. The van der Waals surface area contributed by atoms with Gasteiger partial charge in [0.15, 0.2) is 5.75 Å². The third-order valence-corrected chi connectivity index (χ3v) is 2.35. The minimum Gasteiger partial charge on any atom is -0.286 e. The molecule has 0 aromatic heterocycles. The van der Waals surface area contributed by atoms with Gasteiger partial charge in [0.1, 0.15) is 5.82 Å². The lowest BCUT2D eigenvalue weighted by atomic mass is 10.2. The van der Waals surface area contributed by atoms with E-state index < -0.39 is 5.97 Å². The van der Waals surface area contributed by atoms with Crippen LogP contribution in [-0.2, 0) is 9.68 Å². The van der Waals surface area contributed by atoms with Gasteiger partial charge in [-0.05, 0) is 36.4 Å². The van der Waals surface area contributed by atoms with E-state index in [1.54, 1.807) is 42.6 Å². The van der Waals surface area contributed by atoms with Gasteiger partial charge >= 0.3 is 5.97 Å². The number of aliphatic imine (C=N–C) groups is 1. The summed E-state index contributed by atoms with van der Waals surface area (Å²) in [4.78, 5) is 24.3. The first-order valence-corrected chi connectivity index (χ1v) is 5.89. The molecule has 5 heteroatoms. The Hall–Kier alpha value is -2.69. The molecule has 20 heavy (non-hydrogen) atoms. The number of para-hydroxylation sites is 1. The first-order valence-electron chi connectivity index (χ1n) is 5.89. The fourth-order valence-corrected chi connectivity index (χ4v) is 1.44. The van der Waals surface area contributed by atoms with E-state index in [2.05, 4.69) is 9.88 Å². The van der Waals surface area contributed by atoms with Gasteiger partial charge in [-0.15, -0.1) is 0 Å². The summed E-state index contributed by atoms with van der Waals surface area (Å²) in [6, 6.07) is 12.7. The van der Waals surface area contributed by atoms with E-state index in [1.807, 2.05) is 0 Å². The van der Waals surface area contributed by atoms with Crippen molar-refractivity contribution in [1.82, 2.24) is 0 Å². The van der Waals surface area contributed by atoms with Crippen molar-refractivity contribution in [3.8, 4) is 5.75 Å². The molecule has 0 aliphatic carbocycles. The average molecular weight is 273 g/mol. The van der Waals surface area contributed by atoms with E-state index in [-0.39, 0.29) is 5.82 Å².